The van der Waals surface area contributed by atoms with Gasteiger partial charge in [0.2, 0.25) is 0 Å². The van der Waals surface area contributed by atoms with Crippen molar-refractivity contribution in [3.05, 3.63) is 70.7 Å². The van der Waals surface area contributed by atoms with E-state index in [0.29, 0.717) is 5.69 Å². The van der Waals surface area contributed by atoms with Crippen molar-refractivity contribution in [1.82, 2.24) is 0 Å². The molecule has 0 unspecified atom stereocenters. The van der Waals surface area contributed by atoms with E-state index < -0.39 is 21.7 Å². The molecule has 1 aromatic heterocycles. The number of carbonyl (C=O) groups excluding carboxylic acids is 1. The fraction of sp³-hybridized carbons (Fsp3) is 0.0556. The second kappa shape index (κ2) is 7.37. The number of benzene rings is 2. The first-order valence-electron chi connectivity index (χ1n) is 7.71. The average molecular weight is 406 g/mol. The Kier molecular flexibility index (Phi) is 5.15. The summed E-state index contributed by atoms with van der Waals surface area (Å²) in [6, 6.07) is 12.5. The highest BCUT2D eigenvalue weighted by Gasteiger charge is 2.24. The van der Waals surface area contributed by atoms with Crippen LogP contribution in [0.1, 0.15) is 9.67 Å². The number of sulfonamides is 1. The van der Waals surface area contributed by atoms with Gasteiger partial charge in [0.05, 0.1) is 21.1 Å². The summed E-state index contributed by atoms with van der Waals surface area (Å²) in [6.45, 7) is 0. The van der Waals surface area contributed by atoms with Crippen molar-refractivity contribution < 1.29 is 22.7 Å². The summed E-state index contributed by atoms with van der Waals surface area (Å²) in [5.74, 6) is -1.10. The zero-order valence-electron chi connectivity index (χ0n) is 14.1. The number of amides is 1. The van der Waals surface area contributed by atoms with Gasteiger partial charge in [-0.2, -0.15) is 0 Å². The van der Waals surface area contributed by atoms with E-state index >= 15 is 0 Å². The van der Waals surface area contributed by atoms with Gasteiger partial charge >= 0.3 is 0 Å². The number of halogens is 1. The molecular formula is C18H15FN2O4S2. The Labute approximate surface area is 159 Å². The Morgan fingerprint density at radius 2 is 1.81 bits per heavy atom. The van der Waals surface area contributed by atoms with Gasteiger partial charge in [0.25, 0.3) is 15.9 Å². The van der Waals surface area contributed by atoms with Gasteiger partial charge in [0.15, 0.2) is 0 Å². The molecule has 9 heteroatoms. The lowest BCUT2D eigenvalue weighted by molar-refractivity contribution is 0.103. The molecule has 0 aliphatic rings. The molecule has 0 spiro atoms. The van der Waals surface area contributed by atoms with Crippen LogP contribution in [-0.4, -0.2) is 26.5 Å². The molecule has 0 aliphatic heterocycles. The van der Waals surface area contributed by atoms with Crippen LogP contribution in [0.25, 0.3) is 0 Å². The van der Waals surface area contributed by atoms with E-state index in [4.69, 9.17) is 0 Å². The Hall–Kier alpha value is -2.91. The van der Waals surface area contributed by atoms with Crippen LogP contribution in [0.3, 0.4) is 0 Å². The first-order valence-corrected chi connectivity index (χ1v) is 10.0. The number of phenolic OH excluding ortho intramolecular Hbond substituents is 1. The smallest absolute Gasteiger partial charge is 0.265 e. The molecule has 2 N–H and O–H groups in total. The van der Waals surface area contributed by atoms with E-state index in [9.17, 15) is 22.7 Å². The maximum atomic E-state index is 13.0. The number of nitrogens with one attached hydrogen (secondary N) is 1. The molecule has 3 aromatic rings. The van der Waals surface area contributed by atoms with Crippen LogP contribution in [0.4, 0.5) is 15.8 Å². The summed E-state index contributed by atoms with van der Waals surface area (Å²) in [7, 11) is -2.56. The highest BCUT2D eigenvalue weighted by Crippen LogP contribution is 2.28. The standard InChI is InChI=1S/C18H15FN2O4S2/c1-21(13-8-6-12(19)7-9-13)27(24,25)14-10-17(26-11-14)18(23)20-15-4-2-3-5-16(15)22/h2-11,22H,1H3,(H,20,23). The van der Waals surface area contributed by atoms with E-state index in [-0.39, 0.29) is 21.2 Å². The van der Waals surface area contributed by atoms with Crippen LogP contribution < -0.4 is 9.62 Å². The second-order valence-corrected chi connectivity index (χ2v) is 8.45. The minimum atomic E-state index is -3.91. The third-order valence-corrected chi connectivity index (χ3v) is 6.64. The van der Waals surface area contributed by atoms with Crippen LogP contribution in [0, 0.1) is 5.82 Å². The number of rotatable bonds is 5. The van der Waals surface area contributed by atoms with Gasteiger partial charge in [-0.1, -0.05) is 12.1 Å². The first-order chi connectivity index (χ1) is 12.8. The van der Waals surface area contributed by atoms with E-state index in [1.165, 1.54) is 54.9 Å². The van der Waals surface area contributed by atoms with Crippen molar-refractivity contribution in [3.63, 3.8) is 0 Å². The molecular weight excluding hydrogens is 391 g/mol. The number of para-hydroxylation sites is 2. The fourth-order valence-corrected chi connectivity index (χ4v) is 4.64. The molecule has 0 fully saturated rings. The lowest BCUT2D eigenvalue weighted by Gasteiger charge is -2.18. The molecule has 0 saturated carbocycles. The minimum absolute atomic E-state index is 0.0539. The zero-order chi connectivity index (χ0) is 19.6. The summed E-state index contributed by atoms with van der Waals surface area (Å²) < 4.78 is 39.5. The van der Waals surface area contributed by atoms with Gasteiger partial charge < -0.3 is 10.4 Å². The maximum absolute atomic E-state index is 13.0. The number of anilines is 2. The molecule has 6 nitrogen and oxygen atoms in total. The van der Waals surface area contributed by atoms with E-state index in [0.717, 1.165) is 15.6 Å². The second-order valence-electron chi connectivity index (χ2n) is 5.57. The van der Waals surface area contributed by atoms with Crippen molar-refractivity contribution in [3.8, 4) is 5.75 Å². The largest absolute Gasteiger partial charge is 0.506 e. The Bertz CT molecular complexity index is 1080. The Morgan fingerprint density at radius 3 is 2.48 bits per heavy atom. The van der Waals surface area contributed by atoms with Gasteiger partial charge in [-0.15, -0.1) is 11.3 Å². The lowest BCUT2D eigenvalue weighted by Crippen LogP contribution is -2.26. The van der Waals surface area contributed by atoms with Gasteiger partial charge in [-0.3, -0.25) is 9.10 Å². The number of hydrogen-bond acceptors (Lipinski definition) is 5. The number of aromatic hydroxyl groups is 1. The average Bonchev–Trinajstić information content (AvgIpc) is 3.15. The maximum Gasteiger partial charge on any atom is 0.265 e. The molecule has 0 saturated heterocycles. The highest BCUT2D eigenvalue weighted by atomic mass is 32.2. The van der Waals surface area contributed by atoms with E-state index in [1.54, 1.807) is 12.1 Å². The predicted octanol–water partition coefficient (Wildman–Crippen LogP) is 3.67. The lowest BCUT2D eigenvalue weighted by atomic mass is 10.3. The normalized spacial score (nSPS) is 11.2. The van der Waals surface area contributed by atoms with Crippen molar-refractivity contribution in [2.45, 2.75) is 4.90 Å². The number of carbonyl (C=O) groups is 1. The van der Waals surface area contributed by atoms with Crippen molar-refractivity contribution >= 4 is 38.6 Å². The Morgan fingerprint density at radius 1 is 1.15 bits per heavy atom. The summed E-state index contributed by atoms with van der Waals surface area (Å²) in [6.07, 6.45) is 0. The number of phenols is 1. The van der Waals surface area contributed by atoms with E-state index in [2.05, 4.69) is 5.32 Å². The van der Waals surface area contributed by atoms with Crippen LogP contribution in [0.5, 0.6) is 5.75 Å². The zero-order valence-corrected chi connectivity index (χ0v) is 15.7. The summed E-state index contributed by atoms with van der Waals surface area (Å²) in [4.78, 5) is 12.4. The van der Waals surface area contributed by atoms with Crippen molar-refractivity contribution in [2.24, 2.45) is 0 Å². The van der Waals surface area contributed by atoms with Gasteiger partial charge in [0, 0.05) is 12.4 Å². The molecule has 140 valence electrons. The molecule has 0 bridgehead atoms. The van der Waals surface area contributed by atoms with Crippen LogP contribution in [0.15, 0.2) is 64.9 Å². The quantitative estimate of drug-likeness (QED) is 0.633. The third-order valence-electron chi connectivity index (χ3n) is 3.80. The van der Waals surface area contributed by atoms with E-state index in [1.807, 2.05) is 0 Å². The topological polar surface area (TPSA) is 86.7 Å². The first kappa shape index (κ1) is 18.9. The highest BCUT2D eigenvalue weighted by molar-refractivity contribution is 7.93. The molecule has 3 rings (SSSR count). The molecule has 1 amide bonds. The van der Waals surface area contributed by atoms with Crippen LogP contribution in [0.2, 0.25) is 0 Å². The molecule has 0 atom stereocenters. The van der Waals surface area contributed by atoms with Crippen LogP contribution in [-0.2, 0) is 10.0 Å². The molecule has 0 radical (unpaired) electrons. The number of thiophene rings is 1. The Balaban J connectivity index is 1.82. The molecule has 27 heavy (non-hydrogen) atoms. The molecule has 0 aliphatic carbocycles. The van der Waals surface area contributed by atoms with Gasteiger partial charge in [-0.25, -0.2) is 12.8 Å². The number of hydrogen-bond donors (Lipinski definition) is 2. The van der Waals surface area contributed by atoms with Crippen LogP contribution >= 0.6 is 11.3 Å². The predicted molar refractivity (Wildman–Crippen MR) is 102 cm³/mol. The monoisotopic (exact) mass is 406 g/mol. The molecule has 1 heterocycles. The summed E-state index contributed by atoms with van der Waals surface area (Å²) in [5, 5.41) is 13.6. The third kappa shape index (κ3) is 3.93. The fourth-order valence-electron chi connectivity index (χ4n) is 2.28. The SMILES string of the molecule is CN(c1ccc(F)cc1)S(=O)(=O)c1csc(C(=O)Nc2ccccc2O)c1. The minimum Gasteiger partial charge on any atom is -0.506 e. The number of nitrogens with zero attached hydrogens (tertiary/aromatic N) is 1. The summed E-state index contributed by atoms with van der Waals surface area (Å²) in [5.41, 5.74) is 0.520. The van der Waals surface area contributed by atoms with Gasteiger partial charge in [0.1, 0.15) is 11.6 Å². The van der Waals surface area contributed by atoms with Crippen molar-refractivity contribution in [2.75, 3.05) is 16.7 Å². The molecule has 2 aromatic carbocycles. The summed E-state index contributed by atoms with van der Waals surface area (Å²) >= 11 is 0.965. The van der Waals surface area contributed by atoms with Crippen molar-refractivity contribution in [1.29, 1.82) is 0 Å². The van der Waals surface area contributed by atoms with Gasteiger partial charge in [-0.05, 0) is 42.5 Å².